The van der Waals surface area contributed by atoms with Crippen LogP contribution < -0.4 is 5.32 Å². The standard InChI is InChI=1S/C15H26N2O3S/c1-12(2)16-11-14-10-15(7-6-13(14)3)21(18,19)17(4)8-9-20-5/h6-7,10,12,16H,8-9,11H2,1-5H3. The van der Waals surface area contributed by atoms with Gasteiger partial charge in [-0.25, -0.2) is 8.42 Å². The van der Waals surface area contributed by atoms with Gasteiger partial charge in [-0.1, -0.05) is 19.9 Å². The van der Waals surface area contributed by atoms with E-state index in [1.807, 2.05) is 13.0 Å². The summed E-state index contributed by atoms with van der Waals surface area (Å²) < 4.78 is 31.2. The summed E-state index contributed by atoms with van der Waals surface area (Å²) in [6, 6.07) is 5.62. The highest BCUT2D eigenvalue weighted by Crippen LogP contribution is 2.18. The lowest BCUT2D eigenvalue weighted by Crippen LogP contribution is -2.30. The van der Waals surface area contributed by atoms with Gasteiger partial charge in [0.1, 0.15) is 0 Å². The minimum Gasteiger partial charge on any atom is -0.383 e. The van der Waals surface area contributed by atoms with Crippen LogP contribution in [0.15, 0.2) is 23.1 Å². The molecule has 0 aliphatic carbocycles. The fourth-order valence-corrected chi connectivity index (χ4v) is 3.04. The van der Waals surface area contributed by atoms with Gasteiger partial charge in [-0.2, -0.15) is 4.31 Å². The lowest BCUT2D eigenvalue weighted by Gasteiger charge is -2.18. The molecule has 21 heavy (non-hydrogen) atoms. The zero-order valence-corrected chi connectivity index (χ0v) is 14.3. The molecule has 0 atom stereocenters. The molecule has 0 saturated heterocycles. The third-order valence-electron chi connectivity index (χ3n) is 3.34. The van der Waals surface area contributed by atoms with Crippen molar-refractivity contribution in [3.63, 3.8) is 0 Å². The van der Waals surface area contributed by atoms with Gasteiger partial charge in [0.05, 0.1) is 11.5 Å². The van der Waals surface area contributed by atoms with Crippen LogP contribution in [0, 0.1) is 6.92 Å². The molecule has 0 fully saturated rings. The molecule has 0 aromatic heterocycles. The van der Waals surface area contributed by atoms with Crippen molar-refractivity contribution in [2.75, 3.05) is 27.3 Å². The van der Waals surface area contributed by atoms with Crippen molar-refractivity contribution in [1.29, 1.82) is 0 Å². The van der Waals surface area contributed by atoms with Crippen molar-refractivity contribution in [3.8, 4) is 0 Å². The number of methoxy groups -OCH3 is 1. The Balaban J connectivity index is 2.99. The smallest absolute Gasteiger partial charge is 0.242 e. The van der Waals surface area contributed by atoms with E-state index in [0.717, 1.165) is 11.1 Å². The Labute approximate surface area is 128 Å². The van der Waals surface area contributed by atoms with Crippen LogP contribution in [-0.2, 0) is 21.3 Å². The minimum absolute atomic E-state index is 0.326. The average molecular weight is 314 g/mol. The van der Waals surface area contributed by atoms with E-state index in [9.17, 15) is 8.42 Å². The molecule has 0 saturated carbocycles. The van der Waals surface area contributed by atoms with Crippen molar-refractivity contribution in [3.05, 3.63) is 29.3 Å². The van der Waals surface area contributed by atoms with Crippen molar-refractivity contribution < 1.29 is 13.2 Å². The summed E-state index contributed by atoms with van der Waals surface area (Å²) in [6.07, 6.45) is 0. The zero-order valence-electron chi connectivity index (χ0n) is 13.5. The maximum atomic E-state index is 12.5. The number of aryl methyl sites for hydroxylation is 1. The normalized spacial score (nSPS) is 12.3. The van der Waals surface area contributed by atoms with E-state index in [-0.39, 0.29) is 0 Å². The first kappa shape index (κ1) is 18.1. The Morgan fingerprint density at radius 2 is 2.00 bits per heavy atom. The second-order valence-electron chi connectivity index (χ2n) is 5.44. The van der Waals surface area contributed by atoms with Crippen LogP contribution in [0.3, 0.4) is 0 Å². The number of sulfonamides is 1. The summed E-state index contributed by atoms with van der Waals surface area (Å²) in [4.78, 5) is 0.326. The van der Waals surface area contributed by atoms with E-state index in [1.165, 1.54) is 4.31 Å². The van der Waals surface area contributed by atoms with Crippen molar-refractivity contribution in [2.24, 2.45) is 0 Å². The van der Waals surface area contributed by atoms with Gasteiger partial charge in [0, 0.05) is 33.3 Å². The van der Waals surface area contributed by atoms with Crippen LogP contribution in [0.4, 0.5) is 0 Å². The summed E-state index contributed by atoms with van der Waals surface area (Å²) in [7, 11) is -0.336. The molecule has 1 rings (SSSR count). The molecule has 0 bridgehead atoms. The summed E-state index contributed by atoms with van der Waals surface area (Å²) >= 11 is 0. The molecule has 1 aromatic rings. The first-order valence-corrected chi connectivity index (χ1v) is 8.51. The van der Waals surface area contributed by atoms with E-state index in [1.54, 1.807) is 26.3 Å². The Bertz CT molecular complexity index is 556. The molecule has 1 aromatic carbocycles. The van der Waals surface area contributed by atoms with Crippen LogP contribution in [0.25, 0.3) is 0 Å². The molecule has 0 heterocycles. The van der Waals surface area contributed by atoms with E-state index in [4.69, 9.17) is 4.74 Å². The molecule has 5 nitrogen and oxygen atoms in total. The number of benzene rings is 1. The van der Waals surface area contributed by atoms with Gasteiger partial charge in [-0.15, -0.1) is 0 Å². The predicted molar refractivity (Wildman–Crippen MR) is 84.8 cm³/mol. The van der Waals surface area contributed by atoms with E-state index in [0.29, 0.717) is 30.6 Å². The number of nitrogens with one attached hydrogen (secondary N) is 1. The first-order valence-electron chi connectivity index (χ1n) is 7.07. The lowest BCUT2D eigenvalue weighted by molar-refractivity contribution is 0.185. The predicted octanol–water partition coefficient (Wildman–Crippen LogP) is 1.76. The molecule has 1 N–H and O–H groups in total. The van der Waals surface area contributed by atoms with Gasteiger partial charge in [-0.05, 0) is 30.2 Å². The van der Waals surface area contributed by atoms with Gasteiger partial charge in [0.15, 0.2) is 0 Å². The molecule has 120 valence electrons. The summed E-state index contributed by atoms with van der Waals surface area (Å²) in [5, 5.41) is 3.32. The molecule has 6 heteroatoms. The van der Waals surface area contributed by atoms with E-state index < -0.39 is 10.0 Å². The highest BCUT2D eigenvalue weighted by molar-refractivity contribution is 7.89. The molecule has 0 aliphatic rings. The minimum atomic E-state index is -3.46. The quantitative estimate of drug-likeness (QED) is 0.794. The number of rotatable bonds is 8. The zero-order chi connectivity index (χ0) is 16.0. The summed E-state index contributed by atoms with van der Waals surface area (Å²) in [5.74, 6) is 0. The highest BCUT2D eigenvalue weighted by Gasteiger charge is 2.21. The van der Waals surface area contributed by atoms with Gasteiger partial charge < -0.3 is 10.1 Å². The Hall–Kier alpha value is -0.950. The van der Waals surface area contributed by atoms with Gasteiger partial charge in [0.25, 0.3) is 0 Å². The van der Waals surface area contributed by atoms with Crippen LogP contribution >= 0.6 is 0 Å². The fourth-order valence-electron chi connectivity index (χ4n) is 1.83. The van der Waals surface area contributed by atoms with Crippen LogP contribution in [0.5, 0.6) is 0 Å². The second-order valence-corrected chi connectivity index (χ2v) is 7.49. The Morgan fingerprint density at radius 3 is 2.57 bits per heavy atom. The molecule has 0 aliphatic heterocycles. The van der Waals surface area contributed by atoms with Crippen molar-refractivity contribution in [1.82, 2.24) is 9.62 Å². The van der Waals surface area contributed by atoms with Gasteiger partial charge in [0.2, 0.25) is 10.0 Å². The highest BCUT2D eigenvalue weighted by atomic mass is 32.2. The maximum Gasteiger partial charge on any atom is 0.242 e. The van der Waals surface area contributed by atoms with Gasteiger partial charge >= 0.3 is 0 Å². The van der Waals surface area contributed by atoms with Crippen molar-refractivity contribution >= 4 is 10.0 Å². The molecular formula is C15H26N2O3S. The SMILES string of the molecule is COCCN(C)S(=O)(=O)c1ccc(C)c(CNC(C)C)c1. The monoisotopic (exact) mass is 314 g/mol. The number of ether oxygens (including phenoxy) is 1. The maximum absolute atomic E-state index is 12.5. The summed E-state index contributed by atoms with van der Waals surface area (Å²) in [6.45, 7) is 7.50. The summed E-state index contributed by atoms with van der Waals surface area (Å²) in [5.41, 5.74) is 2.09. The number of nitrogens with zero attached hydrogens (tertiary/aromatic N) is 1. The van der Waals surface area contributed by atoms with Crippen molar-refractivity contribution in [2.45, 2.75) is 38.3 Å². The number of likely N-dealkylation sites (N-methyl/N-ethyl adjacent to an activating group) is 1. The molecule has 0 radical (unpaired) electrons. The number of hydrogen-bond acceptors (Lipinski definition) is 4. The van der Waals surface area contributed by atoms with Crippen LogP contribution in [-0.4, -0.2) is 46.1 Å². The third kappa shape index (κ3) is 5.07. The van der Waals surface area contributed by atoms with Gasteiger partial charge in [-0.3, -0.25) is 0 Å². The largest absolute Gasteiger partial charge is 0.383 e. The molecule has 0 spiro atoms. The topological polar surface area (TPSA) is 58.6 Å². The lowest BCUT2D eigenvalue weighted by atomic mass is 10.1. The third-order valence-corrected chi connectivity index (χ3v) is 5.19. The van der Waals surface area contributed by atoms with E-state index in [2.05, 4.69) is 19.2 Å². The Morgan fingerprint density at radius 1 is 1.33 bits per heavy atom. The van der Waals surface area contributed by atoms with E-state index >= 15 is 0 Å². The van der Waals surface area contributed by atoms with Crippen LogP contribution in [0.2, 0.25) is 0 Å². The first-order chi connectivity index (χ1) is 9.78. The Kier molecular flexibility index (Phi) is 6.80. The van der Waals surface area contributed by atoms with Crippen LogP contribution in [0.1, 0.15) is 25.0 Å². The fraction of sp³-hybridized carbons (Fsp3) is 0.600. The molecular weight excluding hydrogens is 288 g/mol. The average Bonchev–Trinajstić information content (AvgIpc) is 2.43. The molecule has 0 unspecified atom stereocenters. The number of hydrogen-bond donors (Lipinski definition) is 1. The second kappa shape index (κ2) is 7.89. The molecule has 0 amide bonds.